The normalized spacial score (nSPS) is 25.3. The third-order valence-corrected chi connectivity index (χ3v) is 4.32. The number of carbonyl (C=O) groups excluding carboxylic acids is 1. The molecule has 1 heterocycles. The van der Waals surface area contributed by atoms with Gasteiger partial charge in [0.15, 0.2) is 0 Å². The topological polar surface area (TPSA) is 54.0 Å². The van der Waals surface area contributed by atoms with Crippen LogP contribution in [-0.2, 0) is 18.8 Å². The SMILES string of the molecule is CCOC(=O)[C@@H]1C[C@H]1c1ccc(OC)c(B2OCC(C)(C)O2)c1. The summed E-state index contributed by atoms with van der Waals surface area (Å²) in [4.78, 5) is 11.8. The average Bonchev–Trinajstić information content (AvgIpc) is 3.24. The number of esters is 1. The monoisotopic (exact) mass is 318 g/mol. The molecule has 6 heteroatoms. The fourth-order valence-electron chi connectivity index (χ4n) is 3.03. The van der Waals surface area contributed by atoms with E-state index in [4.69, 9.17) is 18.8 Å². The third kappa shape index (κ3) is 3.38. The molecule has 0 spiro atoms. The van der Waals surface area contributed by atoms with E-state index in [9.17, 15) is 4.79 Å². The van der Waals surface area contributed by atoms with Crippen molar-refractivity contribution in [2.75, 3.05) is 20.3 Å². The first-order valence-corrected chi connectivity index (χ1v) is 8.09. The fourth-order valence-corrected chi connectivity index (χ4v) is 3.03. The lowest BCUT2D eigenvalue weighted by atomic mass is 9.77. The highest BCUT2D eigenvalue weighted by atomic mass is 16.7. The Morgan fingerprint density at radius 1 is 1.43 bits per heavy atom. The van der Waals surface area contributed by atoms with E-state index in [-0.39, 0.29) is 23.4 Å². The molecule has 0 radical (unpaired) electrons. The zero-order chi connectivity index (χ0) is 16.6. The minimum absolute atomic E-state index is 0.0296. The van der Waals surface area contributed by atoms with E-state index in [0.29, 0.717) is 13.2 Å². The van der Waals surface area contributed by atoms with E-state index >= 15 is 0 Å². The van der Waals surface area contributed by atoms with Crippen LogP contribution >= 0.6 is 0 Å². The van der Waals surface area contributed by atoms with Crippen molar-refractivity contribution in [1.29, 1.82) is 0 Å². The van der Waals surface area contributed by atoms with Crippen LogP contribution in [0.15, 0.2) is 18.2 Å². The Kier molecular flexibility index (Phi) is 4.38. The summed E-state index contributed by atoms with van der Waals surface area (Å²) in [5.74, 6) is 0.820. The van der Waals surface area contributed by atoms with Crippen LogP contribution in [0.1, 0.15) is 38.7 Å². The van der Waals surface area contributed by atoms with Crippen molar-refractivity contribution in [3.8, 4) is 5.75 Å². The van der Waals surface area contributed by atoms with Crippen LogP contribution in [0.4, 0.5) is 0 Å². The molecule has 124 valence electrons. The van der Waals surface area contributed by atoms with E-state index in [2.05, 4.69) is 0 Å². The van der Waals surface area contributed by atoms with Gasteiger partial charge in [-0.2, -0.15) is 0 Å². The Labute approximate surface area is 137 Å². The molecule has 0 aromatic heterocycles. The summed E-state index contributed by atoms with van der Waals surface area (Å²) in [6.45, 7) is 6.80. The number of rotatable bonds is 5. The molecule has 0 N–H and O–H groups in total. The largest absolute Gasteiger partial charge is 0.498 e. The van der Waals surface area contributed by atoms with Crippen LogP contribution in [-0.4, -0.2) is 39.0 Å². The number of hydrogen-bond acceptors (Lipinski definition) is 5. The molecule has 23 heavy (non-hydrogen) atoms. The lowest BCUT2D eigenvalue weighted by Crippen LogP contribution is -2.35. The Bertz CT molecular complexity index is 601. The van der Waals surface area contributed by atoms with Gasteiger partial charge in [-0.25, -0.2) is 0 Å². The van der Waals surface area contributed by atoms with Crippen LogP contribution in [0.5, 0.6) is 5.75 Å². The van der Waals surface area contributed by atoms with Gasteiger partial charge in [0.2, 0.25) is 0 Å². The maximum Gasteiger partial charge on any atom is 0.498 e. The Morgan fingerprint density at radius 3 is 2.83 bits per heavy atom. The lowest BCUT2D eigenvalue weighted by Gasteiger charge is -2.17. The molecule has 3 rings (SSSR count). The number of carbonyl (C=O) groups is 1. The first kappa shape index (κ1) is 16.3. The summed E-state index contributed by atoms with van der Waals surface area (Å²) in [6, 6.07) is 5.96. The second kappa shape index (κ2) is 6.17. The highest BCUT2D eigenvalue weighted by Gasteiger charge is 2.46. The van der Waals surface area contributed by atoms with Crippen molar-refractivity contribution in [3.05, 3.63) is 23.8 Å². The number of methoxy groups -OCH3 is 1. The lowest BCUT2D eigenvalue weighted by molar-refractivity contribution is -0.144. The zero-order valence-electron chi connectivity index (χ0n) is 14.1. The molecule has 0 amide bonds. The standard InChI is InChI=1S/C17H23BO5/c1-5-21-16(19)13-9-12(13)11-6-7-15(20-4)14(8-11)18-22-10-17(2,3)23-18/h6-8,12-13H,5,9-10H2,1-4H3/t12-,13+/m0/s1. The molecular formula is C17H23BO5. The van der Waals surface area contributed by atoms with Gasteiger partial charge >= 0.3 is 13.1 Å². The van der Waals surface area contributed by atoms with Gasteiger partial charge in [0.1, 0.15) is 5.75 Å². The third-order valence-electron chi connectivity index (χ3n) is 4.32. The van der Waals surface area contributed by atoms with Crippen molar-refractivity contribution in [2.24, 2.45) is 5.92 Å². The van der Waals surface area contributed by atoms with Gasteiger partial charge < -0.3 is 18.8 Å². The van der Waals surface area contributed by atoms with Gasteiger partial charge in [-0.05, 0) is 44.7 Å². The molecule has 1 aromatic carbocycles. The zero-order valence-corrected chi connectivity index (χ0v) is 14.1. The summed E-state index contributed by atoms with van der Waals surface area (Å²) in [5, 5.41) is 0. The van der Waals surface area contributed by atoms with Crippen molar-refractivity contribution >= 4 is 18.6 Å². The molecule has 0 unspecified atom stereocenters. The van der Waals surface area contributed by atoms with E-state index in [0.717, 1.165) is 23.2 Å². The van der Waals surface area contributed by atoms with Crippen molar-refractivity contribution in [2.45, 2.75) is 38.7 Å². The van der Waals surface area contributed by atoms with Crippen LogP contribution in [0, 0.1) is 5.92 Å². The van der Waals surface area contributed by atoms with Gasteiger partial charge in [-0.1, -0.05) is 12.1 Å². The molecule has 2 fully saturated rings. The first-order chi connectivity index (χ1) is 10.9. The molecule has 2 aliphatic rings. The maximum absolute atomic E-state index is 11.8. The molecular weight excluding hydrogens is 295 g/mol. The summed E-state index contributed by atoms with van der Waals surface area (Å²) >= 11 is 0. The summed E-state index contributed by atoms with van der Waals surface area (Å²) in [5.41, 5.74) is 1.68. The van der Waals surface area contributed by atoms with E-state index in [1.165, 1.54) is 0 Å². The molecule has 0 bridgehead atoms. The average molecular weight is 318 g/mol. The molecule has 1 saturated heterocycles. The highest BCUT2D eigenvalue weighted by molar-refractivity contribution is 6.63. The number of benzene rings is 1. The molecule has 1 aromatic rings. The highest BCUT2D eigenvalue weighted by Crippen LogP contribution is 2.48. The first-order valence-electron chi connectivity index (χ1n) is 8.09. The van der Waals surface area contributed by atoms with Crippen LogP contribution in [0.25, 0.3) is 0 Å². The van der Waals surface area contributed by atoms with Crippen molar-refractivity contribution in [3.63, 3.8) is 0 Å². The minimum atomic E-state index is -0.431. The fraction of sp³-hybridized carbons (Fsp3) is 0.588. The molecule has 1 aliphatic carbocycles. The summed E-state index contributed by atoms with van der Waals surface area (Å²) < 4.78 is 22.3. The minimum Gasteiger partial charge on any atom is -0.497 e. The van der Waals surface area contributed by atoms with Crippen LogP contribution in [0.2, 0.25) is 0 Å². The Morgan fingerprint density at radius 2 is 2.22 bits per heavy atom. The number of ether oxygens (including phenoxy) is 2. The van der Waals surface area contributed by atoms with Gasteiger partial charge in [-0.15, -0.1) is 0 Å². The van der Waals surface area contributed by atoms with E-state index in [1.807, 2.05) is 39.0 Å². The predicted octanol–water partition coefficient (Wildman–Crippen LogP) is 1.88. The summed E-state index contributed by atoms with van der Waals surface area (Å²) in [6.07, 6.45) is 0.836. The predicted molar refractivity (Wildman–Crippen MR) is 87.0 cm³/mol. The smallest absolute Gasteiger partial charge is 0.497 e. The number of hydrogen-bond donors (Lipinski definition) is 0. The quantitative estimate of drug-likeness (QED) is 0.613. The van der Waals surface area contributed by atoms with Crippen molar-refractivity contribution < 1.29 is 23.6 Å². The van der Waals surface area contributed by atoms with Crippen LogP contribution in [0.3, 0.4) is 0 Å². The van der Waals surface area contributed by atoms with E-state index < -0.39 is 7.12 Å². The van der Waals surface area contributed by atoms with Gasteiger partial charge in [0.05, 0.1) is 31.8 Å². The molecule has 1 saturated carbocycles. The van der Waals surface area contributed by atoms with E-state index in [1.54, 1.807) is 7.11 Å². The maximum atomic E-state index is 11.8. The Balaban J connectivity index is 1.79. The Hall–Kier alpha value is -1.53. The second-order valence-corrected chi connectivity index (χ2v) is 6.72. The summed E-state index contributed by atoms with van der Waals surface area (Å²) in [7, 11) is 1.21. The molecule has 2 atom stereocenters. The molecule has 1 aliphatic heterocycles. The van der Waals surface area contributed by atoms with Gasteiger partial charge in [0.25, 0.3) is 0 Å². The molecule has 5 nitrogen and oxygen atoms in total. The van der Waals surface area contributed by atoms with Gasteiger partial charge in [-0.3, -0.25) is 4.79 Å². The van der Waals surface area contributed by atoms with Gasteiger partial charge in [0, 0.05) is 5.46 Å². The van der Waals surface area contributed by atoms with Crippen molar-refractivity contribution in [1.82, 2.24) is 0 Å². The van der Waals surface area contributed by atoms with Crippen LogP contribution < -0.4 is 10.2 Å². The second-order valence-electron chi connectivity index (χ2n) is 6.72.